The largest absolute Gasteiger partial charge is 0.465 e. The molecule has 1 saturated heterocycles. The van der Waals surface area contributed by atoms with E-state index in [9.17, 15) is 9.59 Å². The summed E-state index contributed by atoms with van der Waals surface area (Å²) in [5.74, 6) is -0.120. The average Bonchev–Trinajstić information content (AvgIpc) is 2.84. The highest BCUT2D eigenvalue weighted by Gasteiger charge is 2.25. The monoisotopic (exact) mass is 375 g/mol. The fourth-order valence-electron chi connectivity index (χ4n) is 3.57. The molecule has 1 fully saturated rings. The minimum Gasteiger partial charge on any atom is -0.465 e. The maximum absolute atomic E-state index is 12.6. The first kappa shape index (κ1) is 21.4. The van der Waals surface area contributed by atoms with Gasteiger partial charge in [0.25, 0.3) is 0 Å². The summed E-state index contributed by atoms with van der Waals surface area (Å²) in [5, 5.41) is 0. The summed E-state index contributed by atoms with van der Waals surface area (Å²) in [6.45, 7) is 6.66. The molecule has 0 radical (unpaired) electrons. The maximum atomic E-state index is 12.6. The van der Waals surface area contributed by atoms with Gasteiger partial charge in [0.05, 0.1) is 12.7 Å². The summed E-state index contributed by atoms with van der Waals surface area (Å²) in [7, 11) is 5.57. The number of esters is 1. The van der Waals surface area contributed by atoms with Crippen LogP contribution in [-0.2, 0) is 16.1 Å². The molecule has 0 N–H and O–H groups in total. The van der Waals surface area contributed by atoms with Crippen LogP contribution in [0, 0.1) is 0 Å². The Bertz CT molecular complexity index is 616. The topological polar surface area (TPSA) is 53.1 Å². The van der Waals surface area contributed by atoms with Crippen LogP contribution in [0.4, 0.5) is 0 Å². The second kappa shape index (κ2) is 10.4. The van der Waals surface area contributed by atoms with E-state index < -0.39 is 0 Å². The number of rotatable bonds is 8. The van der Waals surface area contributed by atoms with Crippen LogP contribution >= 0.6 is 0 Å². The molecule has 27 heavy (non-hydrogen) atoms. The van der Waals surface area contributed by atoms with E-state index in [1.54, 1.807) is 12.1 Å². The van der Waals surface area contributed by atoms with Crippen molar-refractivity contribution >= 4 is 11.9 Å². The van der Waals surface area contributed by atoms with E-state index in [2.05, 4.69) is 30.8 Å². The van der Waals surface area contributed by atoms with Gasteiger partial charge in [0.2, 0.25) is 5.91 Å². The van der Waals surface area contributed by atoms with Crippen molar-refractivity contribution in [1.29, 1.82) is 0 Å². The van der Waals surface area contributed by atoms with Gasteiger partial charge in [-0.2, -0.15) is 0 Å². The van der Waals surface area contributed by atoms with Crippen molar-refractivity contribution in [1.82, 2.24) is 14.7 Å². The number of likely N-dealkylation sites (tertiary alicyclic amines) is 1. The smallest absolute Gasteiger partial charge is 0.337 e. The molecule has 1 aromatic rings. The fourth-order valence-corrected chi connectivity index (χ4v) is 3.57. The lowest BCUT2D eigenvalue weighted by atomic mass is 10.1. The Morgan fingerprint density at radius 3 is 2.48 bits per heavy atom. The molecule has 6 nitrogen and oxygen atoms in total. The second-order valence-electron chi connectivity index (χ2n) is 7.42. The van der Waals surface area contributed by atoms with E-state index in [0.29, 0.717) is 24.6 Å². The highest BCUT2D eigenvalue weighted by Crippen LogP contribution is 2.20. The molecular formula is C21H33N3O3. The number of nitrogens with zero attached hydrogens (tertiary/aromatic N) is 3. The van der Waals surface area contributed by atoms with Crippen LogP contribution in [0.25, 0.3) is 0 Å². The number of hydrogen-bond acceptors (Lipinski definition) is 5. The number of benzene rings is 1. The number of ether oxygens (including phenoxy) is 1. The Morgan fingerprint density at radius 2 is 1.89 bits per heavy atom. The molecule has 1 aromatic carbocycles. The van der Waals surface area contributed by atoms with Crippen LogP contribution in [0.5, 0.6) is 0 Å². The Labute approximate surface area is 163 Å². The molecule has 1 amide bonds. The molecule has 2 rings (SSSR count). The van der Waals surface area contributed by atoms with Crippen LogP contribution in [-0.4, -0.2) is 80.0 Å². The van der Waals surface area contributed by atoms with Crippen LogP contribution in [0.2, 0.25) is 0 Å². The van der Waals surface area contributed by atoms with Crippen molar-refractivity contribution in [3.8, 4) is 0 Å². The van der Waals surface area contributed by atoms with Gasteiger partial charge < -0.3 is 14.5 Å². The first-order chi connectivity index (χ1) is 12.9. The quantitative estimate of drug-likeness (QED) is 0.652. The van der Waals surface area contributed by atoms with E-state index in [-0.39, 0.29) is 11.9 Å². The minimum atomic E-state index is -0.340. The number of carbonyl (C=O) groups is 2. The fraction of sp³-hybridized carbons (Fsp3) is 0.619. The number of methoxy groups -OCH3 is 1. The van der Waals surface area contributed by atoms with Crippen molar-refractivity contribution in [2.75, 3.05) is 47.4 Å². The van der Waals surface area contributed by atoms with Gasteiger partial charge in [0.1, 0.15) is 0 Å². The molecule has 0 saturated carbocycles. The molecule has 6 heteroatoms. The molecule has 1 aliphatic heterocycles. The molecule has 0 spiro atoms. The first-order valence-corrected chi connectivity index (χ1v) is 9.78. The standard InChI is InChI=1S/C21H33N3O3/c1-5-23(15-14-22(2)3)19-10-11-20(25)24(13-12-19)16-17-6-8-18(9-7-17)21(26)27-4/h6-9,19H,5,10-16H2,1-4H3. The molecule has 0 bridgehead atoms. The Kier molecular flexibility index (Phi) is 8.25. The lowest BCUT2D eigenvalue weighted by Gasteiger charge is -2.31. The summed E-state index contributed by atoms with van der Waals surface area (Å²) >= 11 is 0. The van der Waals surface area contributed by atoms with Crippen molar-refractivity contribution in [2.24, 2.45) is 0 Å². The predicted molar refractivity (Wildman–Crippen MR) is 107 cm³/mol. The zero-order chi connectivity index (χ0) is 19.8. The van der Waals surface area contributed by atoms with Crippen molar-refractivity contribution < 1.29 is 14.3 Å². The molecular weight excluding hydrogens is 342 g/mol. The molecule has 1 aliphatic rings. The molecule has 1 heterocycles. The van der Waals surface area contributed by atoms with Gasteiger partial charge in [-0.05, 0) is 51.2 Å². The molecule has 1 atom stereocenters. The third kappa shape index (κ3) is 6.33. The van der Waals surface area contributed by atoms with Gasteiger partial charge >= 0.3 is 5.97 Å². The van der Waals surface area contributed by atoms with Gasteiger partial charge in [-0.25, -0.2) is 4.79 Å². The summed E-state index contributed by atoms with van der Waals surface area (Å²) in [4.78, 5) is 30.8. The highest BCUT2D eigenvalue weighted by molar-refractivity contribution is 5.89. The predicted octanol–water partition coefficient (Wildman–Crippen LogP) is 2.24. The summed E-state index contributed by atoms with van der Waals surface area (Å²) in [6, 6.07) is 7.78. The van der Waals surface area contributed by atoms with Crippen LogP contribution < -0.4 is 0 Å². The number of hydrogen-bond donors (Lipinski definition) is 0. The van der Waals surface area contributed by atoms with Crippen molar-refractivity contribution in [2.45, 2.75) is 38.8 Å². The van der Waals surface area contributed by atoms with E-state index in [0.717, 1.165) is 44.6 Å². The third-order valence-electron chi connectivity index (χ3n) is 5.28. The van der Waals surface area contributed by atoms with E-state index >= 15 is 0 Å². The Balaban J connectivity index is 1.95. The van der Waals surface area contributed by atoms with Gasteiger partial charge in [-0.3, -0.25) is 9.69 Å². The normalized spacial score (nSPS) is 18.1. The van der Waals surface area contributed by atoms with Gasteiger partial charge in [-0.15, -0.1) is 0 Å². The minimum absolute atomic E-state index is 0.221. The van der Waals surface area contributed by atoms with E-state index in [4.69, 9.17) is 4.74 Å². The van der Waals surface area contributed by atoms with E-state index in [1.807, 2.05) is 17.0 Å². The molecule has 0 aliphatic carbocycles. The third-order valence-corrected chi connectivity index (χ3v) is 5.28. The molecule has 0 aromatic heterocycles. The number of likely N-dealkylation sites (N-methyl/N-ethyl adjacent to an activating group) is 2. The van der Waals surface area contributed by atoms with Gasteiger partial charge in [0, 0.05) is 38.6 Å². The zero-order valence-corrected chi connectivity index (χ0v) is 17.1. The summed E-state index contributed by atoms with van der Waals surface area (Å²) in [6.07, 6.45) is 2.54. The lowest BCUT2D eigenvalue weighted by Crippen LogP contribution is -2.40. The summed E-state index contributed by atoms with van der Waals surface area (Å²) < 4.78 is 4.73. The zero-order valence-electron chi connectivity index (χ0n) is 17.1. The SMILES string of the molecule is CCN(CCN(C)C)C1CCC(=O)N(Cc2ccc(C(=O)OC)cc2)CC1. The van der Waals surface area contributed by atoms with Crippen LogP contribution in [0.15, 0.2) is 24.3 Å². The average molecular weight is 376 g/mol. The Morgan fingerprint density at radius 1 is 1.19 bits per heavy atom. The van der Waals surface area contributed by atoms with Gasteiger partial charge in [-0.1, -0.05) is 19.1 Å². The molecule has 150 valence electrons. The molecule has 1 unspecified atom stereocenters. The van der Waals surface area contributed by atoms with Crippen molar-refractivity contribution in [3.63, 3.8) is 0 Å². The Hall–Kier alpha value is -1.92. The lowest BCUT2D eigenvalue weighted by molar-refractivity contribution is -0.131. The highest BCUT2D eigenvalue weighted by atomic mass is 16.5. The van der Waals surface area contributed by atoms with E-state index in [1.165, 1.54) is 7.11 Å². The maximum Gasteiger partial charge on any atom is 0.337 e. The van der Waals surface area contributed by atoms with Crippen molar-refractivity contribution in [3.05, 3.63) is 35.4 Å². The first-order valence-electron chi connectivity index (χ1n) is 9.78. The van der Waals surface area contributed by atoms with Crippen LogP contribution in [0.1, 0.15) is 42.1 Å². The number of amides is 1. The van der Waals surface area contributed by atoms with Crippen LogP contribution in [0.3, 0.4) is 0 Å². The number of carbonyl (C=O) groups excluding carboxylic acids is 2. The van der Waals surface area contributed by atoms with Gasteiger partial charge in [0.15, 0.2) is 0 Å². The summed E-state index contributed by atoms with van der Waals surface area (Å²) in [5.41, 5.74) is 1.57. The second-order valence-corrected chi connectivity index (χ2v) is 7.42.